The fourth-order valence-electron chi connectivity index (χ4n) is 2.67. The summed E-state index contributed by atoms with van der Waals surface area (Å²) in [5.41, 5.74) is 5.64. The van der Waals surface area contributed by atoms with E-state index in [2.05, 4.69) is 4.90 Å². The van der Waals surface area contributed by atoms with Gasteiger partial charge in [0.05, 0.1) is 5.02 Å². The number of para-hydroxylation sites is 1. The number of rotatable bonds is 6. The van der Waals surface area contributed by atoms with Crippen molar-refractivity contribution < 1.29 is 4.74 Å². The Hall–Kier alpha value is -0.480. The van der Waals surface area contributed by atoms with Crippen molar-refractivity contribution in [3.63, 3.8) is 0 Å². The van der Waals surface area contributed by atoms with Crippen LogP contribution in [0.2, 0.25) is 5.02 Å². The topological polar surface area (TPSA) is 38.5 Å². The highest BCUT2D eigenvalue weighted by Crippen LogP contribution is 2.23. The number of nitrogens with two attached hydrogens (primary N) is 1. The molecule has 2 N–H and O–H groups in total. The Morgan fingerprint density at radius 1 is 1.35 bits per heavy atom. The van der Waals surface area contributed by atoms with Crippen molar-refractivity contribution >= 4 is 24.0 Å². The third-order valence-electron chi connectivity index (χ3n) is 3.68. The predicted octanol–water partition coefficient (Wildman–Crippen LogP) is 3.20. The summed E-state index contributed by atoms with van der Waals surface area (Å²) in [5.74, 6) is 1.54. The van der Waals surface area contributed by atoms with E-state index in [1.165, 1.54) is 19.4 Å². The van der Waals surface area contributed by atoms with Gasteiger partial charge in [0.25, 0.3) is 0 Å². The van der Waals surface area contributed by atoms with Gasteiger partial charge in [0.1, 0.15) is 12.4 Å². The highest BCUT2D eigenvalue weighted by molar-refractivity contribution is 6.32. The smallest absolute Gasteiger partial charge is 0.137 e. The zero-order chi connectivity index (χ0) is 13.5. The minimum atomic E-state index is 0. The molecule has 1 fully saturated rings. The predicted molar refractivity (Wildman–Crippen MR) is 87.0 cm³/mol. The normalized spacial score (nSPS) is 19.4. The van der Waals surface area contributed by atoms with E-state index in [0.717, 1.165) is 37.7 Å². The van der Waals surface area contributed by atoms with Crippen molar-refractivity contribution in [2.45, 2.75) is 19.3 Å². The Kier molecular flexibility index (Phi) is 8.31. The average molecular weight is 319 g/mol. The van der Waals surface area contributed by atoms with Crippen molar-refractivity contribution in [3.05, 3.63) is 29.3 Å². The molecule has 1 unspecified atom stereocenters. The van der Waals surface area contributed by atoms with Crippen LogP contribution in [-0.4, -0.2) is 37.7 Å². The van der Waals surface area contributed by atoms with Gasteiger partial charge in [-0.05, 0) is 50.4 Å². The Morgan fingerprint density at radius 3 is 2.90 bits per heavy atom. The summed E-state index contributed by atoms with van der Waals surface area (Å²) >= 11 is 6.06. The molecule has 20 heavy (non-hydrogen) atoms. The lowest BCUT2D eigenvalue weighted by Crippen LogP contribution is -2.38. The zero-order valence-corrected chi connectivity index (χ0v) is 13.3. The van der Waals surface area contributed by atoms with Crippen LogP contribution in [0.15, 0.2) is 24.3 Å². The van der Waals surface area contributed by atoms with Gasteiger partial charge in [-0.25, -0.2) is 0 Å². The zero-order valence-electron chi connectivity index (χ0n) is 11.8. The minimum absolute atomic E-state index is 0. The molecule has 1 heterocycles. The van der Waals surface area contributed by atoms with E-state index in [0.29, 0.717) is 11.6 Å². The maximum atomic E-state index is 6.06. The highest BCUT2D eigenvalue weighted by atomic mass is 35.5. The standard InChI is InChI=1S/C15H23ClN2O.ClH/c16-14-5-1-2-6-15(14)19-11-10-18-9-3-4-13(12-18)7-8-17;/h1-2,5-6,13H,3-4,7-12,17H2;1H. The molecule has 1 aliphatic heterocycles. The number of likely N-dealkylation sites (tertiary alicyclic amines) is 1. The number of hydrogen-bond donors (Lipinski definition) is 1. The van der Waals surface area contributed by atoms with Gasteiger partial charge < -0.3 is 10.5 Å². The number of ether oxygens (including phenoxy) is 1. The molecule has 5 heteroatoms. The van der Waals surface area contributed by atoms with E-state index >= 15 is 0 Å². The molecule has 0 saturated carbocycles. The van der Waals surface area contributed by atoms with E-state index < -0.39 is 0 Å². The first-order valence-corrected chi connectivity index (χ1v) is 7.47. The van der Waals surface area contributed by atoms with Crippen LogP contribution >= 0.6 is 24.0 Å². The lowest BCUT2D eigenvalue weighted by molar-refractivity contribution is 0.144. The first kappa shape index (κ1) is 17.6. The van der Waals surface area contributed by atoms with Crippen molar-refractivity contribution in [2.24, 2.45) is 11.7 Å². The van der Waals surface area contributed by atoms with E-state index in [9.17, 15) is 0 Å². The van der Waals surface area contributed by atoms with Crippen LogP contribution in [0.25, 0.3) is 0 Å². The molecule has 0 spiro atoms. The molecule has 1 aliphatic rings. The fourth-order valence-corrected chi connectivity index (χ4v) is 2.86. The summed E-state index contributed by atoms with van der Waals surface area (Å²) in [5, 5.41) is 0.683. The maximum Gasteiger partial charge on any atom is 0.137 e. The van der Waals surface area contributed by atoms with Crippen LogP contribution in [0.4, 0.5) is 0 Å². The molecule has 0 bridgehead atoms. The molecule has 1 atom stereocenters. The SMILES string of the molecule is Cl.NCCC1CCCN(CCOc2ccccc2Cl)C1. The first-order chi connectivity index (χ1) is 9.29. The maximum absolute atomic E-state index is 6.06. The molecular formula is C15H24Cl2N2O. The number of benzene rings is 1. The largest absolute Gasteiger partial charge is 0.491 e. The van der Waals surface area contributed by atoms with Gasteiger partial charge in [-0.15, -0.1) is 12.4 Å². The van der Waals surface area contributed by atoms with Gasteiger partial charge in [0.2, 0.25) is 0 Å². The molecule has 0 radical (unpaired) electrons. The van der Waals surface area contributed by atoms with Crippen molar-refractivity contribution in [1.29, 1.82) is 0 Å². The van der Waals surface area contributed by atoms with Crippen LogP contribution in [0.3, 0.4) is 0 Å². The molecule has 0 amide bonds. The first-order valence-electron chi connectivity index (χ1n) is 7.09. The summed E-state index contributed by atoms with van der Waals surface area (Å²) in [6, 6.07) is 7.63. The lowest BCUT2D eigenvalue weighted by atomic mass is 9.95. The molecule has 0 aliphatic carbocycles. The molecule has 0 aromatic heterocycles. The van der Waals surface area contributed by atoms with Crippen molar-refractivity contribution in [1.82, 2.24) is 4.90 Å². The van der Waals surface area contributed by atoms with Crippen LogP contribution in [0, 0.1) is 5.92 Å². The molecular weight excluding hydrogens is 295 g/mol. The van der Waals surface area contributed by atoms with Gasteiger partial charge in [-0.3, -0.25) is 4.90 Å². The summed E-state index contributed by atoms with van der Waals surface area (Å²) in [7, 11) is 0. The van der Waals surface area contributed by atoms with Crippen LogP contribution in [0.5, 0.6) is 5.75 Å². The van der Waals surface area contributed by atoms with Crippen LogP contribution in [0.1, 0.15) is 19.3 Å². The monoisotopic (exact) mass is 318 g/mol. The molecule has 1 saturated heterocycles. The second kappa shape index (κ2) is 9.46. The summed E-state index contributed by atoms with van der Waals surface area (Å²) in [6.45, 7) is 4.79. The molecule has 1 aromatic rings. The van der Waals surface area contributed by atoms with Gasteiger partial charge in [0, 0.05) is 13.1 Å². The Labute approximate surface area is 132 Å². The molecule has 114 valence electrons. The Bertz CT molecular complexity index is 388. The van der Waals surface area contributed by atoms with Gasteiger partial charge in [-0.1, -0.05) is 23.7 Å². The van der Waals surface area contributed by atoms with Crippen molar-refractivity contribution in [2.75, 3.05) is 32.8 Å². The Morgan fingerprint density at radius 2 is 2.15 bits per heavy atom. The quantitative estimate of drug-likeness (QED) is 0.875. The van der Waals surface area contributed by atoms with Crippen LogP contribution < -0.4 is 10.5 Å². The second-order valence-electron chi connectivity index (χ2n) is 5.17. The van der Waals surface area contributed by atoms with Gasteiger partial charge in [-0.2, -0.15) is 0 Å². The fraction of sp³-hybridized carbons (Fsp3) is 0.600. The van der Waals surface area contributed by atoms with Crippen molar-refractivity contribution in [3.8, 4) is 5.75 Å². The number of hydrogen-bond acceptors (Lipinski definition) is 3. The summed E-state index contributed by atoms with van der Waals surface area (Å²) < 4.78 is 5.74. The molecule has 1 aromatic carbocycles. The highest BCUT2D eigenvalue weighted by Gasteiger charge is 2.18. The van der Waals surface area contributed by atoms with E-state index in [1.807, 2.05) is 24.3 Å². The average Bonchev–Trinajstić information content (AvgIpc) is 2.42. The third kappa shape index (κ3) is 5.49. The summed E-state index contributed by atoms with van der Waals surface area (Å²) in [4.78, 5) is 2.47. The summed E-state index contributed by atoms with van der Waals surface area (Å²) in [6.07, 6.45) is 3.73. The van der Waals surface area contributed by atoms with Gasteiger partial charge in [0.15, 0.2) is 0 Å². The number of halogens is 2. The minimum Gasteiger partial charge on any atom is -0.491 e. The second-order valence-corrected chi connectivity index (χ2v) is 5.57. The molecule has 2 rings (SSSR count). The number of piperidine rings is 1. The molecule has 3 nitrogen and oxygen atoms in total. The van der Waals surface area contributed by atoms with E-state index in [-0.39, 0.29) is 12.4 Å². The van der Waals surface area contributed by atoms with Crippen LogP contribution in [-0.2, 0) is 0 Å². The van der Waals surface area contributed by atoms with E-state index in [1.54, 1.807) is 0 Å². The Balaban J connectivity index is 0.00000200. The number of nitrogens with zero attached hydrogens (tertiary/aromatic N) is 1. The lowest BCUT2D eigenvalue weighted by Gasteiger charge is -2.32. The third-order valence-corrected chi connectivity index (χ3v) is 3.99. The van der Waals surface area contributed by atoms with E-state index in [4.69, 9.17) is 22.1 Å². The van der Waals surface area contributed by atoms with Gasteiger partial charge >= 0.3 is 0 Å².